The number of imidazole rings is 1. The lowest BCUT2D eigenvalue weighted by Crippen LogP contribution is -1.87. The van der Waals surface area contributed by atoms with Crippen LogP contribution in [0.4, 0.5) is 0 Å². The smallest absolute Gasteiger partial charge is 0.189 e. The Hall–Kier alpha value is -1.56. The molecule has 2 aromatic heterocycles. The first kappa shape index (κ1) is 7.11. The largest absolute Gasteiger partial charge is 0.229 e. The number of fused-ring (bicyclic) bond motifs is 1. The van der Waals surface area contributed by atoms with Gasteiger partial charge in [0.25, 0.3) is 0 Å². The van der Waals surface area contributed by atoms with Gasteiger partial charge in [-0.1, -0.05) is 11.6 Å². The van der Waals surface area contributed by atoms with Gasteiger partial charge >= 0.3 is 0 Å². The van der Waals surface area contributed by atoms with Gasteiger partial charge < -0.3 is 0 Å². The standard InChI is InChI=1S/C5H2ClN5O/c6-4-3-5(8-1-7-4)11(10-12)2-9-3/h1-2H. The Morgan fingerprint density at radius 1 is 1.42 bits per heavy atom. The summed E-state index contributed by atoms with van der Waals surface area (Å²) in [5.74, 6) is 0. The fraction of sp³-hybridized carbons (Fsp3) is 0. The van der Waals surface area contributed by atoms with Crippen LogP contribution in [0.15, 0.2) is 17.9 Å². The number of hydrogen-bond donors (Lipinski definition) is 0. The molecular weight excluding hydrogens is 182 g/mol. The summed E-state index contributed by atoms with van der Waals surface area (Å²) in [4.78, 5) is 21.4. The minimum absolute atomic E-state index is 0.211. The molecule has 0 spiro atoms. The highest BCUT2D eigenvalue weighted by Crippen LogP contribution is 2.16. The molecule has 0 fully saturated rings. The van der Waals surface area contributed by atoms with Gasteiger partial charge in [0.1, 0.15) is 18.2 Å². The van der Waals surface area contributed by atoms with E-state index in [2.05, 4.69) is 20.2 Å². The van der Waals surface area contributed by atoms with E-state index >= 15 is 0 Å². The van der Waals surface area contributed by atoms with Crippen LogP contribution in [-0.4, -0.2) is 19.6 Å². The molecule has 2 rings (SSSR count). The molecule has 0 atom stereocenters. The van der Waals surface area contributed by atoms with E-state index in [0.717, 1.165) is 4.68 Å². The monoisotopic (exact) mass is 183 g/mol. The van der Waals surface area contributed by atoms with Gasteiger partial charge in [-0.15, -0.1) is 4.91 Å². The molecule has 7 heteroatoms. The lowest BCUT2D eigenvalue weighted by molar-refractivity contribution is 0.880. The zero-order valence-electron chi connectivity index (χ0n) is 5.68. The second kappa shape index (κ2) is 2.49. The lowest BCUT2D eigenvalue weighted by Gasteiger charge is -1.89. The van der Waals surface area contributed by atoms with Gasteiger partial charge in [0.05, 0.1) is 5.29 Å². The van der Waals surface area contributed by atoms with Crippen LogP contribution >= 0.6 is 11.6 Å². The van der Waals surface area contributed by atoms with Gasteiger partial charge in [0.15, 0.2) is 10.8 Å². The SMILES string of the molecule is O=Nn1cnc2c(Cl)ncnc21. The molecule has 6 nitrogen and oxygen atoms in total. The summed E-state index contributed by atoms with van der Waals surface area (Å²) >= 11 is 5.66. The van der Waals surface area contributed by atoms with E-state index < -0.39 is 0 Å². The van der Waals surface area contributed by atoms with Crippen molar-refractivity contribution in [3.05, 3.63) is 22.7 Å². The van der Waals surface area contributed by atoms with Crippen molar-refractivity contribution in [3.63, 3.8) is 0 Å². The van der Waals surface area contributed by atoms with Crippen LogP contribution in [-0.2, 0) is 0 Å². The molecule has 0 aliphatic carbocycles. The van der Waals surface area contributed by atoms with Crippen molar-refractivity contribution in [1.29, 1.82) is 0 Å². The first-order valence-electron chi connectivity index (χ1n) is 3.00. The third kappa shape index (κ3) is 0.850. The van der Waals surface area contributed by atoms with E-state index in [9.17, 15) is 4.91 Å². The quantitative estimate of drug-likeness (QED) is 0.489. The van der Waals surface area contributed by atoms with Crippen LogP contribution in [0.5, 0.6) is 0 Å². The predicted octanol–water partition coefficient (Wildman–Crippen LogP) is 1.01. The van der Waals surface area contributed by atoms with Crippen molar-refractivity contribution < 1.29 is 0 Å². The summed E-state index contributed by atoms with van der Waals surface area (Å²) in [5, 5.41) is 2.87. The Kier molecular flexibility index (Phi) is 1.47. The first-order valence-corrected chi connectivity index (χ1v) is 3.38. The number of halogens is 1. The van der Waals surface area contributed by atoms with Crippen LogP contribution in [0.3, 0.4) is 0 Å². The molecule has 0 saturated carbocycles. The molecule has 0 saturated heterocycles. The van der Waals surface area contributed by atoms with Crippen molar-refractivity contribution in [2.24, 2.45) is 5.29 Å². The molecule has 0 unspecified atom stereocenters. The van der Waals surface area contributed by atoms with Crippen LogP contribution < -0.4 is 0 Å². The van der Waals surface area contributed by atoms with Gasteiger partial charge in [-0.2, -0.15) is 4.68 Å². The lowest BCUT2D eigenvalue weighted by atomic mass is 10.6. The summed E-state index contributed by atoms with van der Waals surface area (Å²) in [6, 6.07) is 0. The molecule has 2 heterocycles. The second-order valence-electron chi connectivity index (χ2n) is 2.01. The van der Waals surface area contributed by atoms with Gasteiger partial charge in [-0.05, 0) is 0 Å². The molecule has 60 valence electrons. The number of nitrogens with zero attached hydrogens (tertiary/aromatic N) is 5. The molecule has 12 heavy (non-hydrogen) atoms. The van der Waals surface area contributed by atoms with E-state index in [0.29, 0.717) is 11.2 Å². The van der Waals surface area contributed by atoms with Crippen molar-refractivity contribution in [2.45, 2.75) is 0 Å². The molecule has 0 bridgehead atoms. The van der Waals surface area contributed by atoms with E-state index in [1.807, 2.05) is 0 Å². The maximum absolute atomic E-state index is 10.2. The highest BCUT2D eigenvalue weighted by atomic mass is 35.5. The highest BCUT2D eigenvalue weighted by Gasteiger charge is 2.07. The highest BCUT2D eigenvalue weighted by molar-refractivity contribution is 6.33. The fourth-order valence-corrected chi connectivity index (χ4v) is 1.03. The maximum atomic E-state index is 10.2. The van der Waals surface area contributed by atoms with Gasteiger partial charge in [-0.3, -0.25) is 0 Å². The predicted molar refractivity (Wildman–Crippen MR) is 41.5 cm³/mol. The number of rotatable bonds is 1. The fourth-order valence-electron chi connectivity index (χ4n) is 0.854. The average molecular weight is 184 g/mol. The topological polar surface area (TPSA) is 73.0 Å². The summed E-state index contributed by atoms with van der Waals surface area (Å²) in [7, 11) is 0. The Labute approximate surface area is 71.2 Å². The number of nitroso groups, excluding NO2 is 1. The molecule has 0 N–H and O–H groups in total. The number of hydrogen-bond acceptors (Lipinski definition) is 5. The van der Waals surface area contributed by atoms with Crippen LogP contribution in [0, 0.1) is 4.91 Å². The summed E-state index contributed by atoms with van der Waals surface area (Å²) in [6.45, 7) is 0. The van der Waals surface area contributed by atoms with Crippen LogP contribution in [0.25, 0.3) is 11.2 Å². The van der Waals surface area contributed by atoms with Gasteiger partial charge in [0, 0.05) is 0 Å². The summed E-state index contributed by atoms with van der Waals surface area (Å²) < 4.78 is 0.989. The van der Waals surface area contributed by atoms with Crippen molar-refractivity contribution in [2.75, 3.05) is 0 Å². The van der Waals surface area contributed by atoms with Crippen molar-refractivity contribution in [1.82, 2.24) is 19.6 Å². The van der Waals surface area contributed by atoms with E-state index in [1.165, 1.54) is 12.7 Å². The summed E-state index contributed by atoms with van der Waals surface area (Å²) in [5.41, 5.74) is 0.684. The number of aromatic nitrogens is 4. The minimum Gasteiger partial charge on any atom is -0.229 e. The van der Waals surface area contributed by atoms with Crippen LogP contribution in [0.1, 0.15) is 0 Å². The second-order valence-corrected chi connectivity index (χ2v) is 2.37. The van der Waals surface area contributed by atoms with Crippen molar-refractivity contribution in [3.8, 4) is 0 Å². The van der Waals surface area contributed by atoms with Crippen LogP contribution in [0.2, 0.25) is 5.15 Å². The van der Waals surface area contributed by atoms with Crippen molar-refractivity contribution >= 4 is 22.8 Å². The third-order valence-electron chi connectivity index (χ3n) is 1.36. The van der Waals surface area contributed by atoms with E-state index in [1.54, 1.807) is 0 Å². The molecule has 0 aliphatic rings. The first-order chi connectivity index (χ1) is 5.83. The average Bonchev–Trinajstić information content (AvgIpc) is 2.49. The molecule has 0 aliphatic heterocycles. The zero-order valence-corrected chi connectivity index (χ0v) is 6.43. The van der Waals surface area contributed by atoms with E-state index in [4.69, 9.17) is 11.6 Å². The molecule has 0 aromatic carbocycles. The van der Waals surface area contributed by atoms with Gasteiger partial charge in [-0.25, -0.2) is 15.0 Å². The minimum atomic E-state index is 0.211. The Morgan fingerprint density at radius 2 is 2.25 bits per heavy atom. The normalized spacial score (nSPS) is 10.4. The molecule has 2 aromatic rings. The molecular formula is C5H2ClN5O. The Balaban J connectivity index is 2.88. The van der Waals surface area contributed by atoms with E-state index in [-0.39, 0.29) is 5.15 Å². The third-order valence-corrected chi connectivity index (χ3v) is 1.64. The van der Waals surface area contributed by atoms with Gasteiger partial charge in [0.2, 0.25) is 0 Å². The Morgan fingerprint density at radius 3 is 3.00 bits per heavy atom. The zero-order chi connectivity index (χ0) is 8.55. The Bertz CT molecular complexity index is 438. The molecule has 0 radical (unpaired) electrons. The maximum Gasteiger partial charge on any atom is 0.189 e. The molecule has 0 amide bonds. The summed E-state index contributed by atoms with van der Waals surface area (Å²) in [6.07, 6.45) is 2.48.